The summed E-state index contributed by atoms with van der Waals surface area (Å²) >= 11 is 1.65. The van der Waals surface area contributed by atoms with E-state index in [1.165, 1.54) is 0 Å². The number of nitrogens with zero attached hydrogens (tertiary/aromatic N) is 2. The minimum Gasteiger partial charge on any atom is -0.274 e. The summed E-state index contributed by atoms with van der Waals surface area (Å²) < 4.78 is 1.73. The fraction of sp³-hybridized carbons (Fsp3) is 0.200. The zero-order chi connectivity index (χ0) is 9.54. The molecule has 0 unspecified atom stereocenters. The minimum absolute atomic E-state index is 0.160. The van der Waals surface area contributed by atoms with E-state index in [4.69, 9.17) is 0 Å². The van der Waals surface area contributed by atoms with Gasteiger partial charge in [-0.05, 0) is 12.1 Å². The Labute approximate surface area is 85.1 Å². The van der Waals surface area contributed by atoms with Gasteiger partial charge in [-0.15, -0.1) is 0 Å². The fourth-order valence-corrected chi connectivity index (χ4v) is 2.63. The molecule has 14 heavy (non-hydrogen) atoms. The SMILES string of the molecule is O=C1CCSc2nc3ccccc3n21. The van der Waals surface area contributed by atoms with Crippen molar-refractivity contribution in [3.63, 3.8) is 0 Å². The molecular formula is C10H8N2OS. The first-order valence-electron chi connectivity index (χ1n) is 4.50. The molecule has 1 aromatic heterocycles. The number of carbonyl (C=O) groups excluding carboxylic acids is 1. The molecule has 0 saturated carbocycles. The van der Waals surface area contributed by atoms with Crippen molar-refractivity contribution >= 4 is 28.7 Å². The van der Waals surface area contributed by atoms with Crippen LogP contribution < -0.4 is 0 Å². The maximum absolute atomic E-state index is 11.7. The molecule has 0 amide bonds. The number of aromatic nitrogens is 2. The maximum Gasteiger partial charge on any atom is 0.234 e. The van der Waals surface area contributed by atoms with E-state index < -0.39 is 0 Å². The Balaban J connectivity index is 2.39. The molecule has 1 aliphatic heterocycles. The van der Waals surface area contributed by atoms with Gasteiger partial charge in [0.25, 0.3) is 0 Å². The Hall–Kier alpha value is -1.29. The Morgan fingerprint density at radius 1 is 1.36 bits per heavy atom. The second kappa shape index (κ2) is 2.85. The maximum atomic E-state index is 11.7. The zero-order valence-electron chi connectivity index (χ0n) is 7.43. The van der Waals surface area contributed by atoms with Gasteiger partial charge in [-0.1, -0.05) is 23.9 Å². The van der Waals surface area contributed by atoms with E-state index >= 15 is 0 Å². The lowest BCUT2D eigenvalue weighted by Crippen LogP contribution is -2.16. The number of imidazole rings is 1. The van der Waals surface area contributed by atoms with Gasteiger partial charge in [0.05, 0.1) is 11.0 Å². The smallest absolute Gasteiger partial charge is 0.234 e. The second-order valence-electron chi connectivity index (χ2n) is 3.21. The third-order valence-corrected chi connectivity index (χ3v) is 3.27. The van der Waals surface area contributed by atoms with Crippen molar-refractivity contribution < 1.29 is 4.79 Å². The van der Waals surface area contributed by atoms with E-state index in [2.05, 4.69) is 4.98 Å². The van der Waals surface area contributed by atoms with Crippen molar-refractivity contribution in [2.24, 2.45) is 0 Å². The van der Waals surface area contributed by atoms with Crippen LogP contribution >= 0.6 is 11.8 Å². The molecule has 1 aliphatic rings. The third-order valence-electron chi connectivity index (χ3n) is 2.33. The van der Waals surface area contributed by atoms with E-state index in [9.17, 15) is 4.79 Å². The van der Waals surface area contributed by atoms with Gasteiger partial charge in [0.1, 0.15) is 0 Å². The molecule has 2 heterocycles. The molecule has 70 valence electrons. The highest BCUT2D eigenvalue weighted by molar-refractivity contribution is 7.99. The van der Waals surface area contributed by atoms with Crippen molar-refractivity contribution in [3.05, 3.63) is 24.3 Å². The molecule has 0 spiro atoms. The number of hydrogen-bond donors (Lipinski definition) is 0. The normalized spacial score (nSPS) is 15.9. The van der Waals surface area contributed by atoms with Crippen molar-refractivity contribution in [2.45, 2.75) is 11.6 Å². The molecule has 2 aromatic rings. The number of carbonyl (C=O) groups is 1. The molecule has 0 N–H and O–H groups in total. The average molecular weight is 204 g/mol. The quantitative estimate of drug-likeness (QED) is 0.659. The standard InChI is InChI=1S/C10H8N2OS/c13-9-5-6-14-10-11-7-3-1-2-4-8(7)12(9)10/h1-4H,5-6H2. The van der Waals surface area contributed by atoms with Crippen LogP contribution in [0.5, 0.6) is 0 Å². The summed E-state index contributed by atoms with van der Waals surface area (Å²) in [5.41, 5.74) is 1.84. The van der Waals surface area contributed by atoms with Gasteiger partial charge in [-0.3, -0.25) is 9.36 Å². The largest absolute Gasteiger partial charge is 0.274 e. The number of benzene rings is 1. The molecule has 0 saturated heterocycles. The molecule has 3 rings (SSSR count). The summed E-state index contributed by atoms with van der Waals surface area (Å²) in [5, 5.41) is 0.836. The number of thioether (sulfide) groups is 1. The predicted octanol–water partition coefficient (Wildman–Crippen LogP) is 2.17. The van der Waals surface area contributed by atoms with Gasteiger partial charge in [0.2, 0.25) is 5.91 Å². The summed E-state index contributed by atoms with van der Waals surface area (Å²) in [6.45, 7) is 0. The lowest BCUT2D eigenvalue weighted by atomic mass is 10.3. The van der Waals surface area contributed by atoms with E-state index in [-0.39, 0.29) is 5.91 Å². The molecule has 0 bridgehead atoms. The van der Waals surface area contributed by atoms with Crippen LogP contribution in [0, 0.1) is 0 Å². The van der Waals surface area contributed by atoms with Gasteiger partial charge in [-0.2, -0.15) is 0 Å². The van der Waals surface area contributed by atoms with E-state index in [0.717, 1.165) is 21.9 Å². The van der Waals surface area contributed by atoms with Gasteiger partial charge in [-0.25, -0.2) is 4.98 Å². The average Bonchev–Trinajstić information content (AvgIpc) is 2.57. The lowest BCUT2D eigenvalue weighted by Gasteiger charge is -2.11. The van der Waals surface area contributed by atoms with Crippen molar-refractivity contribution in [2.75, 3.05) is 5.75 Å². The molecule has 4 heteroatoms. The highest BCUT2D eigenvalue weighted by Gasteiger charge is 2.20. The first-order chi connectivity index (χ1) is 6.86. The van der Waals surface area contributed by atoms with Crippen LogP contribution in [0.2, 0.25) is 0 Å². The van der Waals surface area contributed by atoms with E-state index in [1.54, 1.807) is 16.3 Å². The van der Waals surface area contributed by atoms with Crippen LogP contribution in [0.15, 0.2) is 29.4 Å². The van der Waals surface area contributed by atoms with Crippen LogP contribution in [0.1, 0.15) is 11.2 Å². The Kier molecular flexibility index (Phi) is 1.64. The first kappa shape index (κ1) is 8.05. The lowest BCUT2D eigenvalue weighted by molar-refractivity contribution is 0.0901. The first-order valence-corrected chi connectivity index (χ1v) is 5.48. The fourth-order valence-electron chi connectivity index (χ4n) is 1.68. The summed E-state index contributed by atoms with van der Waals surface area (Å²) in [4.78, 5) is 16.1. The third kappa shape index (κ3) is 1.00. The van der Waals surface area contributed by atoms with Gasteiger partial charge < -0.3 is 0 Å². The number of hydrogen-bond acceptors (Lipinski definition) is 3. The molecule has 0 aliphatic carbocycles. The van der Waals surface area contributed by atoms with Gasteiger partial charge in [0, 0.05) is 12.2 Å². The van der Waals surface area contributed by atoms with Crippen molar-refractivity contribution in [1.82, 2.24) is 9.55 Å². The predicted molar refractivity (Wildman–Crippen MR) is 55.7 cm³/mol. The van der Waals surface area contributed by atoms with Crippen molar-refractivity contribution in [1.29, 1.82) is 0 Å². The summed E-state index contributed by atoms with van der Waals surface area (Å²) in [5.74, 6) is 1.01. The molecule has 1 aromatic carbocycles. The topological polar surface area (TPSA) is 34.9 Å². The Bertz CT molecular complexity index is 518. The Morgan fingerprint density at radius 2 is 2.21 bits per heavy atom. The molecule has 0 radical (unpaired) electrons. The number of para-hydroxylation sites is 2. The van der Waals surface area contributed by atoms with Crippen LogP contribution in [-0.4, -0.2) is 21.2 Å². The number of rotatable bonds is 0. The van der Waals surface area contributed by atoms with Crippen LogP contribution in [0.25, 0.3) is 11.0 Å². The highest BCUT2D eigenvalue weighted by atomic mass is 32.2. The van der Waals surface area contributed by atoms with Gasteiger partial charge >= 0.3 is 0 Å². The van der Waals surface area contributed by atoms with Crippen molar-refractivity contribution in [3.8, 4) is 0 Å². The minimum atomic E-state index is 0.160. The molecular weight excluding hydrogens is 196 g/mol. The van der Waals surface area contributed by atoms with E-state index in [1.807, 2.05) is 24.3 Å². The number of fused-ring (bicyclic) bond motifs is 3. The summed E-state index contributed by atoms with van der Waals surface area (Å²) in [6, 6.07) is 7.75. The van der Waals surface area contributed by atoms with Gasteiger partial charge in [0.15, 0.2) is 5.16 Å². The highest BCUT2D eigenvalue weighted by Crippen LogP contribution is 2.28. The van der Waals surface area contributed by atoms with E-state index in [0.29, 0.717) is 6.42 Å². The Morgan fingerprint density at radius 3 is 3.14 bits per heavy atom. The van der Waals surface area contributed by atoms with Crippen LogP contribution in [0.3, 0.4) is 0 Å². The molecule has 3 nitrogen and oxygen atoms in total. The molecule has 0 fully saturated rings. The molecule has 0 atom stereocenters. The summed E-state index contributed by atoms with van der Waals surface area (Å²) in [6.07, 6.45) is 0.609. The monoisotopic (exact) mass is 204 g/mol. The van der Waals surface area contributed by atoms with Crippen LogP contribution in [-0.2, 0) is 0 Å². The second-order valence-corrected chi connectivity index (χ2v) is 4.27. The van der Waals surface area contributed by atoms with Crippen LogP contribution in [0.4, 0.5) is 0 Å². The zero-order valence-corrected chi connectivity index (χ0v) is 8.25. The summed E-state index contributed by atoms with van der Waals surface area (Å²) in [7, 11) is 0.